The van der Waals surface area contributed by atoms with Crippen molar-refractivity contribution in [2.24, 2.45) is 0 Å². The largest absolute Gasteiger partial charge is 0.497 e. The lowest BCUT2D eigenvalue weighted by molar-refractivity contribution is 0.0787. The summed E-state index contributed by atoms with van der Waals surface area (Å²) in [4.78, 5) is 24.0. The van der Waals surface area contributed by atoms with Crippen LogP contribution in [-0.4, -0.2) is 34.9 Å². The van der Waals surface area contributed by atoms with Gasteiger partial charge < -0.3 is 9.64 Å². The van der Waals surface area contributed by atoms with Gasteiger partial charge in [-0.05, 0) is 29.8 Å². The highest BCUT2D eigenvalue weighted by atomic mass is 16.5. The van der Waals surface area contributed by atoms with E-state index in [9.17, 15) is 4.79 Å². The first-order valence-corrected chi connectivity index (χ1v) is 9.34. The van der Waals surface area contributed by atoms with Crippen molar-refractivity contribution in [1.29, 1.82) is 0 Å². The van der Waals surface area contributed by atoms with Crippen LogP contribution in [-0.2, 0) is 6.54 Å². The Balaban J connectivity index is 1.72. The molecule has 2 heterocycles. The van der Waals surface area contributed by atoms with Crippen LogP contribution in [0.25, 0.3) is 22.2 Å². The molecule has 0 fully saturated rings. The smallest absolute Gasteiger partial charge is 0.254 e. The highest BCUT2D eigenvalue weighted by Gasteiger charge is 2.18. The first kappa shape index (κ1) is 18.6. The van der Waals surface area contributed by atoms with Crippen LogP contribution in [0.4, 0.5) is 0 Å². The maximum atomic E-state index is 13.3. The molecule has 0 radical (unpaired) electrons. The molecule has 0 spiro atoms. The normalized spacial score (nSPS) is 10.7. The topological polar surface area (TPSA) is 55.3 Å². The quantitative estimate of drug-likeness (QED) is 0.506. The number of benzene rings is 2. The molecular formula is C24H21N3O2. The van der Waals surface area contributed by atoms with Gasteiger partial charge in [0.1, 0.15) is 5.75 Å². The maximum Gasteiger partial charge on any atom is 0.254 e. The summed E-state index contributed by atoms with van der Waals surface area (Å²) >= 11 is 0. The van der Waals surface area contributed by atoms with Crippen LogP contribution in [0, 0.1) is 0 Å². The third kappa shape index (κ3) is 3.94. The fourth-order valence-corrected chi connectivity index (χ4v) is 3.32. The molecule has 144 valence electrons. The number of fused-ring (bicyclic) bond motifs is 1. The number of nitrogens with zero attached hydrogens (tertiary/aromatic N) is 3. The van der Waals surface area contributed by atoms with Crippen LogP contribution in [0.15, 0.2) is 79.1 Å². The van der Waals surface area contributed by atoms with Crippen molar-refractivity contribution in [1.82, 2.24) is 14.9 Å². The Morgan fingerprint density at radius 1 is 1.03 bits per heavy atom. The molecule has 0 aliphatic heterocycles. The number of amides is 1. The Kier molecular flexibility index (Phi) is 5.20. The van der Waals surface area contributed by atoms with Gasteiger partial charge in [-0.2, -0.15) is 0 Å². The van der Waals surface area contributed by atoms with E-state index in [2.05, 4.69) is 4.98 Å². The Bertz CT molecular complexity index is 1160. The monoisotopic (exact) mass is 383 g/mol. The van der Waals surface area contributed by atoms with E-state index >= 15 is 0 Å². The molecule has 4 rings (SSSR count). The highest BCUT2D eigenvalue weighted by Crippen LogP contribution is 2.25. The number of ether oxygens (including phenoxy) is 1. The summed E-state index contributed by atoms with van der Waals surface area (Å²) in [5, 5.41) is 0.745. The maximum absolute atomic E-state index is 13.3. The Hall–Kier alpha value is -3.73. The first-order chi connectivity index (χ1) is 14.2. The minimum Gasteiger partial charge on any atom is -0.497 e. The van der Waals surface area contributed by atoms with Crippen LogP contribution < -0.4 is 4.74 Å². The molecule has 0 atom stereocenters. The predicted octanol–water partition coefficient (Wildman–Crippen LogP) is 4.58. The molecule has 2 aromatic heterocycles. The molecule has 0 saturated heterocycles. The first-order valence-electron chi connectivity index (χ1n) is 9.34. The lowest BCUT2D eigenvalue weighted by Crippen LogP contribution is -2.26. The molecule has 2 aromatic carbocycles. The van der Waals surface area contributed by atoms with Crippen molar-refractivity contribution in [3.63, 3.8) is 0 Å². The minimum atomic E-state index is -0.0783. The summed E-state index contributed by atoms with van der Waals surface area (Å²) in [5.41, 5.74) is 4.07. The van der Waals surface area contributed by atoms with E-state index in [4.69, 9.17) is 9.72 Å². The van der Waals surface area contributed by atoms with Crippen molar-refractivity contribution in [2.75, 3.05) is 14.2 Å². The zero-order valence-corrected chi connectivity index (χ0v) is 16.4. The van der Waals surface area contributed by atoms with E-state index in [-0.39, 0.29) is 5.91 Å². The van der Waals surface area contributed by atoms with Gasteiger partial charge in [-0.25, -0.2) is 4.98 Å². The second kappa shape index (κ2) is 8.10. The number of rotatable bonds is 5. The Morgan fingerprint density at radius 3 is 2.66 bits per heavy atom. The zero-order chi connectivity index (χ0) is 20.2. The number of hydrogen-bond donors (Lipinski definition) is 0. The standard InChI is InChI=1S/C24H21N3O2/c1-27(16-17-7-6-10-19(13-17)29-2)24(28)20-14-23(18-8-4-3-5-9-18)26-22-11-12-25-15-21(20)22/h3-15H,16H2,1-2H3. The third-order valence-corrected chi connectivity index (χ3v) is 4.81. The zero-order valence-electron chi connectivity index (χ0n) is 16.4. The second-order valence-corrected chi connectivity index (χ2v) is 6.83. The summed E-state index contributed by atoms with van der Waals surface area (Å²) in [6.45, 7) is 0.473. The number of methoxy groups -OCH3 is 1. The van der Waals surface area contributed by atoms with E-state index in [1.165, 1.54) is 0 Å². The van der Waals surface area contributed by atoms with Crippen LogP contribution in [0.1, 0.15) is 15.9 Å². The Morgan fingerprint density at radius 2 is 1.86 bits per heavy atom. The van der Waals surface area contributed by atoms with E-state index in [1.54, 1.807) is 31.5 Å². The lowest BCUT2D eigenvalue weighted by atomic mass is 10.0. The molecule has 1 amide bonds. The molecule has 0 saturated carbocycles. The van der Waals surface area contributed by atoms with Crippen molar-refractivity contribution < 1.29 is 9.53 Å². The number of aromatic nitrogens is 2. The molecule has 0 aliphatic carbocycles. The van der Waals surface area contributed by atoms with Gasteiger partial charge in [0.2, 0.25) is 0 Å². The molecule has 0 aliphatic rings. The predicted molar refractivity (Wildman–Crippen MR) is 114 cm³/mol. The van der Waals surface area contributed by atoms with Crippen LogP contribution in [0.3, 0.4) is 0 Å². The lowest BCUT2D eigenvalue weighted by Gasteiger charge is -2.19. The van der Waals surface area contributed by atoms with Crippen molar-refractivity contribution >= 4 is 16.8 Å². The number of pyridine rings is 2. The molecular weight excluding hydrogens is 362 g/mol. The van der Waals surface area contributed by atoms with E-state index in [1.807, 2.05) is 66.7 Å². The number of carbonyl (C=O) groups is 1. The second-order valence-electron chi connectivity index (χ2n) is 6.83. The van der Waals surface area contributed by atoms with Gasteiger partial charge >= 0.3 is 0 Å². The van der Waals surface area contributed by atoms with Crippen molar-refractivity contribution in [2.45, 2.75) is 6.54 Å². The van der Waals surface area contributed by atoms with E-state index in [0.717, 1.165) is 33.5 Å². The molecule has 0 N–H and O–H groups in total. The van der Waals surface area contributed by atoms with Crippen molar-refractivity contribution in [3.05, 3.63) is 90.3 Å². The van der Waals surface area contributed by atoms with Gasteiger partial charge in [-0.3, -0.25) is 9.78 Å². The summed E-state index contributed by atoms with van der Waals surface area (Å²) in [6.07, 6.45) is 3.39. The summed E-state index contributed by atoms with van der Waals surface area (Å²) in [6, 6.07) is 21.3. The van der Waals surface area contributed by atoms with Gasteiger partial charge in [0.15, 0.2) is 0 Å². The van der Waals surface area contributed by atoms with E-state index < -0.39 is 0 Å². The van der Waals surface area contributed by atoms with Crippen LogP contribution in [0.5, 0.6) is 5.75 Å². The number of hydrogen-bond acceptors (Lipinski definition) is 4. The fourth-order valence-electron chi connectivity index (χ4n) is 3.32. The van der Waals surface area contributed by atoms with Gasteiger partial charge in [0.25, 0.3) is 5.91 Å². The average Bonchev–Trinajstić information content (AvgIpc) is 2.78. The van der Waals surface area contributed by atoms with Gasteiger partial charge in [0, 0.05) is 36.9 Å². The fraction of sp³-hybridized carbons (Fsp3) is 0.125. The molecule has 5 heteroatoms. The van der Waals surface area contributed by atoms with Crippen molar-refractivity contribution in [3.8, 4) is 17.0 Å². The summed E-state index contributed by atoms with van der Waals surface area (Å²) < 4.78 is 5.28. The highest BCUT2D eigenvalue weighted by molar-refractivity contribution is 6.06. The molecule has 0 bridgehead atoms. The van der Waals surface area contributed by atoms with E-state index in [0.29, 0.717) is 12.1 Å². The number of carbonyl (C=O) groups excluding carboxylic acids is 1. The SMILES string of the molecule is COc1cccc(CN(C)C(=O)c2cc(-c3ccccc3)nc3ccncc23)c1. The molecule has 5 nitrogen and oxygen atoms in total. The van der Waals surface area contributed by atoms with Crippen LogP contribution in [0.2, 0.25) is 0 Å². The van der Waals surface area contributed by atoms with Crippen LogP contribution >= 0.6 is 0 Å². The van der Waals surface area contributed by atoms with Gasteiger partial charge in [-0.1, -0.05) is 42.5 Å². The van der Waals surface area contributed by atoms with Gasteiger partial charge in [-0.15, -0.1) is 0 Å². The molecule has 0 unspecified atom stereocenters. The Labute approximate surface area is 169 Å². The average molecular weight is 383 g/mol. The summed E-state index contributed by atoms with van der Waals surface area (Å²) in [5.74, 6) is 0.693. The molecule has 29 heavy (non-hydrogen) atoms. The molecule has 4 aromatic rings. The minimum absolute atomic E-state index is 0.0783. The van der Waals surface area contributed by atoms with Gasteiger partial charge in [0.05, 0.1) is 23.9 Å². The third-order valence-electron chi connectivity index (χ3n) is 4.81. The summed E-state index contributed by atoms with van der Waals surface area (Å²) in [7, 11) is 3.43.